The highest BCUT2D eigenvalue weighted by molar-refractivity contribution is 5.78. The molecule has 1 rings (SSSR count). The lowest BCUT2D eigenvalue weighted by molar-refractivity contribution is -0.125. The Balaban J connectivity index is 2.24. The Morgan fingerprint density at radius 1 is 1.32 bits per heavy atom. The molecule has 0 saturated heterocycles. The number of hydrogen-bond acceptors (Lipinski definition) is 3. The second-order valence-corrected chi connectivity index (χ2v) is 4.69. The lowest BCUT2D eigenvalue weighted by Gasteiger charge is -2.14. The summed E-state index contributed by atoms with van der Waals surface area (Å²) >= 11 is 0. The van der Waals surface area contributed by atoms with Crippen LogP contribution in [0.4, 0.5) is 0 Å². The number of carbonyl (C=O) groups excluding carboxylic acids is 1. The van der Waals surface area contributed by atoms with Crippen LogP contribution in [0, 0.1) is 5.92 Å². The van der Waals surface area contributed by atoms with Crippen molar-refractivity contribution in [2.24, 2.45) is 5.92 Å². The summed E-state index contributed by atoms with van der Waals surface area (Å²) in [6.45, 7) is 2.94. The molecule has 2 atom stereocenters. The third-order valence-corrected chi connectivity index (χ3v) is 3.10. The predicted octanol–water partition coefficient (Wildman–Crippen LogP) is 1.90. The standard InChI is InChI=1S/C15H23NO3/c1-12(9-11-19-2)15(18)16-10-8-14(17)13-6-4-3-5-7-13/h3-7,12,14,17H,8-11H2,1-2H3,(H,16,18). The number of benzene rings is 1. The molecule has 4 heteroatoms. The minimum atomic E-state index is -0.532. The molecule has 0 fully saturated rings. The minimum Gasteiger partial charge on any atom is -0.388 e. The molecule has 0 saturated carbocycles. The molecule has 2 unspecified atom stereocenters. The molecule has 19 heavy (non-hydrogen) atoms. The third kappa shape index (κ3) is 5.85. The molecular weight excluding hydrogens is 242 g/mol. The number of carbonyl (C=O) groups is 1. The molecular formula is C15H23NO3. The van der Waals surface area contributed by atoms with E-state index in [0.29, 0.717) is 26.0 Å². The Kier molecular flexibility index (Phi) is 7.15. The second-order valence-electron chi connectivity index (χ2n) is 4.69. The molecule has 0 aliphatic heterocycles. The smallest absolute Gasteiger partial charge is 0.222 e. The van der Waals surface area contributed by atoms with E-state index in [4.69, 9.17) is 4.74 Å². The Morgan fingerprint density at radius 2 is 2.00 bits per heavy atom. The molecule has 2 N–H and O–H groups in total. The zero-order valence-corrected chi connectivity index (χ0v) is 11.6. The predicted molar refractivity (Wildman–Crippen MR) is 74.7 cm³/mol. The van der Waals surface area contributed by atoms with Crippen LogP contribution in [0.25, 0.3) is 0 Å². The summed E-state index contributed by atoms with van der Waals surface area (Å²) in [7, 11) is 1.63. The molecule has 1 aromatic carbocycles. The maximum Gasteiger partial charge on any atom is 0.222 e. The van der Waals surface area contributed by atoms with Gasteiger partial charge in [0.2, 0.25) is 5.91 Å². The van der Waals surface area contributed by atoms with Crippen molar-refractivity contribution in [1.82, 2.24) is 5.32 Å². The van der Waals surface area contributed by atoms with Crippen molar-refractivity contribution >= 4 is 5.91 Å². The normalized spacial score (nSPS) is 13.8. The molecule has 4 nitrogen and oxygen atoms in total. The topological polar surface area (TPSA) is 58.6 Å². The van der Waals surface area contributed by atoms with Crippen LogP contribution in [0.1, 0.15) is 31.4 Å². The lowest BCUT2D eigenvalue weighted by atomic mass is 10.1. The van der Waals surface area contributed by atoms with Gasteiger partial charge in [-0.05, 0) is 18.4 Å². The first kappa shape index (κ1) is 15.7. The van der Waals surface area contributed by atoms with E-state index in [9.17, 15) is 9.90 Å². The Morgan fingerprint density at radius 3 is 2.63 bits per heavy atom. The van der Waals surface area contributed by atoms with Gasteiger partial charge in [-0.3, -0.25) is 4.79 Å². The van der Waals surface area contributed by atoms with E-state index in [-0.39, 0.29) is 11.8 Å². The van der Waals surface area contributed by atoms with Crippen molar-refractivity contribution in [3.8, 4) is 0 Å². The molecule has 1 amide bonds. The minimum absolute atomic E-state index is 0.0114. The SMILES string of the molecule is COCCC(C)C(=O)NCCC(O)c1ccccc1. The highest BCUT2D eigenvalue weighted by atomic mass is 16.5. The number of methoxy groups -OCH3 is 1. The van der Waals surface area contributed by atoms with E-state index in [1.807, 2.05) is 37.3 Å². The van der Waals surface area contributed by atoms with E-state index in [1.165, 1.54) is 0 Å². The van der Waals surface area contributed by atoms with Crippen molar-refractivity contribution < 1.29 is 14.6 Å². The van der Waals surface area contributed by atoms with Gasteiger partial charge in [-0.15, -0.1) is 0 Å². The summed E-state index contributed by atoms with van der Waals surface area (Å²) in [5.41, 5.74) is 0.879. The van der Waals surface area contributed by atoms with Crippen LogP contribution in [0.2, 0.25) is 0 Å². The molecule has 0 aliphatic carbocycles. The first-order valence-corrected chi connectivity index (χ1v) is 6.64. The Labute approximate surface area is 114 Å². The van der Waals surface area contributed by atoms with Crippen LogP contribution in [-0.2, 0) is 9.53 Å². The van der Waals surface area contributed by atoms with Gasteiger partial charge < -0.3 is 15.2 Å². The number of rotatable bonds is 8. The number of nitrogens with one attached hydrogen (secondary N) is 1. The number of aliphatic hydroxyl groups excluding tert-OH is 1. The first-order chi connectivity index (χ1) is 9.15. The average Bonchev–Trinajstić information content (AvgIpc) is 2.45. The van der Waals surface area contributed by atoms with Gasteiger partial charge in [0.15, 0.2) is 0 Å². The maximum absolute atomic E-state index is 11.7. The van der Waals surface area contributed by atoms with Crippen LogP contribution >= 0.6 is 0 Å². The fraction of sp³-hybridized carbons (Fsp3) is 0.533. The van der Waals surface area contributed by atoms with Gasteiger partial charge in [-0.1, -0.05) is 37.3 Å². The second kappa shape index (κ2) is 8.67. The van der Waals surface area contributed by atoms with Gasteiger partial charge in [0, 0.05) is 26.2 Å². The van der Waals surface area contributed by atoms with Crippen molar-refractivity contribution in [2.75, 3.05) is 20.3 Å². The highest BCUT2D eigenvalue weighted by Crippen LogP contribution is 2.15. The van der Waals surface area contributed by atoms with Crippen molar-refractivity contribution in [3.05, 3.63) is 35.9 Å². The molecule has 0 bridgehead atoms. The van der Waals surface area contributed by atoms with Crippen LogP contribution in [0.15, 0.2) is 30.3 Å². The quantitative estimate of drug-likeness (QED) is 0.754. The van der Waals surface area contributed by atoms with Crippen LogP contribution in [0.3, 0.4) is 0 Å². The molecule has 0 radical (unpaired) electrons. The van der Waals surface area contributed by atoms with Gasteiger partial charge >= 0.3 is 0 Å². The molecule has 0 aliphatic rings. The zero-order chi connectivity index (χ0) is 14.1. The molecule has 0 aromatic heterocycles. The molecule has 106 valence electrons. The van der Waals surface area contributed by atoms with Crippen molar-refractivity contribution in [2.45, 2.75) is 25.9 Å². The van der Waals surface area contributed by atoms with Gasteiger partial charge in [0.05, 0.1) is 6.10 Å². The number of amides is 1. The monoisotopic (exact) mass is 265 g/mol. The summed E-state index contributed by atoms with van der Waals surface area (Å²) in [6.07, 6.45) is 0.701. The largest absolute Gasteiger partial charge is 0.388 e. The Hall–Kier alpha value is -1.39. The molecule has 1 aromatic rings. The summed E-state index contributed by atoms with van der Waals surface area (Å²) in [4.78, 5) is 11.7. The van der Waals surface area contributed by atoms with Gasteiger partial charge in [-0.25, -0.2) is 0 Å². The summed E-state index contributed by atoms with van der Waals surface area (Å²) < 4.78 is 4.94. The highest BCUT2D eigenvalue weighted by Gasteiger charge is 2.13. The fourth-order valence-electron chi connectivity index (χ4n) is 1.77. The van der Waals surface area contributed by atoms with E-state index >= 15 is 0 Å². The average molecular weight is 265 g/mol. The van der Waals surface area contributed by atoms with E-state index in [1.54, 1.807) is 7.11 Å². The summed E-state index contributed by atoms with van der Waals surface area (Å²) in [5.74, 6) is -0.0499. The van der Waals surface area contributed by atoms with Crippen LogP contribution < -0.4 is 5.32 Å². The maximum atomic E-state index is 11.7. The van der Waals surface area contributed by atoms with Crippen molar-refractivity contribution in [1.29, 1.82) is 0 Å². The number of aliphatic hydroxyl groups is 1. The number of hydrogen-bond donors (Lipinski definition) is 2. The Bertz CT molecular complexity index is 367. The van der Waals surface area contributed by atoms with Crippen LogP contribution in [-0.4, -0.2) is 31.3 Å². The molecule has 0 heterocycles. The summed E-state index contributed by atoms with van der Waals surface area (Å²) in [5, 5.41) is 12.8. The summed E-state index contributed by atoms with van der Waals surface area (Å²) in [6, 6.07) is 9.46. The van der Waals surface area contributed by atoms with Crippen LogP contribution in [0.5, 0.6) is 0 Å². The van der Waals surface area contributed by atoms with Gasteiger partial charge in [0.1, 0.15) is 0 Å². The first-order valence-electron chi connectivity index (χ1n) is 6.64. The van der Waals surface area contributed by atoms with E-state index < -0.39 is 6.10 Å². The van der Waals surface area contributed by atoms with E-state index in [0.717, 1.165) is 5.56 Å². The fourth-order valence-corrected chi connectivity index (χ4v) is 1.77. The lowest BCUT2D eigenvalue weighted by Crippen LogP contribution is -2.31. The number of ether oxygens (including phenoxy) is 1. The third-order valence-electron chi connectivity index (χ3n) is 3.10. The van der Waals surface area contributed by atoms with Gasteiger partial charge in [-0.2, -0.15) is 0 Å². The molecule has 0 spiro atoms. The zero-order valence-electron chi connectivity index (χ0n) is 11.6. The van der Waals surface area contributed by atoms with Gasteiger partial charge in [0.25, 0.3) is 0 Å². The van der Waals surface area contributed by atoms with E-state index in [2.05, 4.69) is 5.32 Å². The van der Waals surface area contributed by atoms with Crippen molar-refractivity contribution in [3.63, 3.8) is 0 Å².